The van der Waals surface area contributed by atoms with E-state index in [0.29, 0.717) is 30.8 Å². The monoisotopic (exact) mass is 393 g/mol. The van der Waals surface area contributed by atoms with Crippen molar-refractivity contribution in [2.24, 2.45) is 0 Å². The van der Waals surface area contributed by atoms with Gasteiger partial charge in [0.1, 0.15) is 0 Å². The summed E-state index contributed by atoms with van der Waals surface area (Å²) in [5.41, 5.74) is 4.08. The zero-order chi connectivity index (χ0) is 20.6. The molecule has 0 radical (unpaired) electrons. The average molecular weight is 393 g/mol. The topological polar surface area (TPSA) is 74.6 Å². The number of hydrogen-bond acceptors (Lipinski definition) is 5. The zero-order valence-electron chi connectivity index (χ0n) is 17.0. The molecule has 1 N–H and O–H groups in total. The smallest absolute Gasteiger partial charge is 0.222 e. The summed E-state index contributed by atoms with van der Waals surface area (Å²) in [5, 5.41) is 12.3. The number of amides is 1. The molecule has 0 saturated heterocycles. The lowest BCUT2D eigenvalue weighted by Crippen LogP contribution is -2.36. The molecule has 0 spiro atoms. The first-order chi connectivity index (χ1) is 14.1. The van der Waals surface area contributed by atoms with Crippen molar-refractivity contribution >= 4 is 5.91 Å². The van der Waals surface area contributed by atoms with E-state index in [1.807, 2.05) is 35.2 Å². The van der Waals surface area contributed by atoms with E-state index < -0.39 is 0 Å². The molecule has 152 valence electrons. The molecule has 0 saturated carbocycles. The number of benzene rings is 2. The Morgan fingerprint density at radius 3 is 2.66 bits per heavy atom. The van der Waals surface area contributed by atoms with Crippen LogP contribution in [0.3, 0.4) is 0 Å². The van der Waals surface area contributed by atoms with E-state index in [9.17, 15) is 4.79 Å². The maximum Gasteiger partial charge on any atom is 0.222 e. The van der Waals surface area contributed by atoms with E-state index in [2.05, 4.69) is 11.4 Å². The van der Waals surface area contributed by atoms with Gasteiger partial charge >= 0.3 is 0 Å². The molecule has 29 heavy (non-hydrogen) atoms. The molecule has 0 unspecified atom stereocenters. The SMILES string of the molecule is COc1cc2c(cc1OC)CN(C(=O)CCCNCc1cccc(C#N)c1)CC2. The predicted molar refractivity (Wildman–Crippen MR) is 111 cm³/mol. The van der Waals surface area contributed by atoms with E-state index in [0.717, 1.165) is 42.8 Å². The Kier molecular flexibility index (Phi) is 7.09. The summed E-state index contributed by atoms with van der Waals surface area (Å²) in [5.74, 6) is 1.61. The number of nitriles is 1. The summed E-state index contributed by atoms with van der Waals surface area (Å²) in [6.07, 6.45) is 2.13. The van der Waals surface area contributed by atoms with Gasteiger partial charge in [0.2, 0.25) is 5.91 Å². The van der Waals surface area contributed by atoms with Crippen LogP contribution in [0.1, 0.15) is 35.1 Å². The molecule has 0 aliphatic carbocycles. The Morgan fingerprint density at radius 1 is 1.17 bits per heavy atom. The molecule has 3 rings (SSSR count). The Hall–Kier alpha value is -3.04. The predicted octanol–water partition coefficient (Wildman–Crippen LogP) is 3.03. The molecule has 1 aliphatic rings. The molecule has 0 bridgehead atoms. The summed E-state index contributed by atoms with van der Waals surface area (Å²) < 4.78 is 10.8. The first kappa shape index (κ1) is 20.7. The summed E-state index contributed by atoms with van der Waals surface area (Å²) in [4.78, 5) is 14.5. The van der Waals surface area contributed by atoms with E-state index in [1.165, 1.54) is 5.56 Å². The lowest BCUT2D eigenvalue weighted by Gasteiger charge is -2.29. The van der Waals surface area contributed by atoms with Gasteiger partial charge < -0.3 is 19.7 Å². The molecule has 0 aromatic heterocycles. The number of ether oxygens (including phenoxy) is 2. The Labute approximate surface area is 172 Å². The van der Waals surface area contributed by atoms with E-state index in [-0.39, 0.29) is 5.91 Å². The van der Waals surface area contributed by atoms with Crippen molar-refractivity contribution in [1.29, 1.82) is 5.26 Å². The van der Waals surface area contributed by atoms with Gasteiger partial charge in [-0.2, -0.15) is 5.26 Å². The largest absolute Gasteiger partial charge is 0.493 e. The van der Waals surface area contributed by atoms with Gasteiger partial charge in [-0.3, -0.25) is 4.79 Å². The number of methoxy groups -OCH3 is 2. The molecule has 1 amide bonds. The van der Waals surface area contributed by atoms with Crippen molar-refractivity contribution in [3.63, 3.8) is 0 Å². The molecule has 1 heterocycles. The first-order valence-electron chi connectivity index (χ1n) is 9.86. The molecule has 2 aromatic carbocycles. The fraction of sp³-hybridized carbons (Fsp3) is 0.391. The number of rotatable bonds is 8. The van der Waals surface area contributed by atoms with E-state index in [4.69, 9.17) is 14.7 Å². The van der Waals surface area contributed by atoms with Crippen LogP contribution in [0, 0.1) is 11.3 Å². The molecule has 1 aliphatic heterocycles. The summed E-state index contributed by atoms with van der Waals surface area (Å²) in [6.45, 7) is 2.80. The van der Waals surface area contributed by atoms with E-state index >= 15 is 0 Å². The third kappa shape index (κ3) is 5.27. The van der Waals surface area contributed by atoms with Crippen LogP contribution in [0.2, 0.25) is 0 Å². The number of nitrogens with zero attached hydrogens (tertiary/aromatic N) is 2. The molecular formula is C23H27N3O3. The van der Waals surface area contributed by atoms with Gasteiger partial charge in [0.05, 0.1) is 25.9 Å². The lowest BCUT2D eigenvalue weighted by atomic mass is 9.98. The minimum Gasteiger partial charge on any atom is -0.493 e. The molecule has 0 fully saturated rings. The van der Waals surface area contributed by atoms with Crippen LogP contribution < -0.4 is 14.8 Å². The molecule has 2 aromatic rings. The number of carbonyl (C=O) groups excluding carboxylic acids is 1. The van der Waals surface area contributed by atoms with Gasteiger partial charge in [-0.25, -0.2) is 0 Å². The molecule has 6 heteroatoms. The van der Waals surface area contributed by atoms with Crippen LogP contribution in [0.5, 0.6) is 11.5 Å². The minimum absolute atomic E-state index is 0.179. The number of fused-ring (bicyclic) bond motifs is 1. The van der Waals surface area contributed by atoms with Crippen LogP contribution in [-0.4, -0.2) is 38.1 Å². The van der Waals surface area contributed by atoms with Gasteiger partial charge in [0.15, 0.2) is 11.5 Å². The highest BCUT2D eigenvalue weighted by Gasteiger charge is 2.22. The fourth-order valence-electron chi connectivity index (χ4n) is 3.60. The summed E-state index contributed by atoms with van der Waals surface area (Å²) in [6, 6.07) is 13.7. The van der Waals surface area contributed by atoms with Gasteiger partial charge in [0, 0.05) is 26.1 Å². The zero-order valence-corrected chi connectivity index (χ0v) is 17.0. The number of hydrogen-bond donors (Lipinski definition) is 1. The highest BCUT2D eigenvalue weighted by Crippen LogP contribution is 2.33. The maximum absolute atomic E-state index is 12.6. The van der Waals surface area contributed by atoms with Gasteiger partial charge in [-0.15, -0.1) is 0 Å². The quantitative estimate of drug-likeness (QED) is 0.698. The van der Waals surface area contributed by atoms with Crippen molar-refractivity contribution in [3.8, 4) is 17.6 Å². The molecule has 0 atom stereocenters. The van der Waals surface area contributed by atoms with Crippen molar-refractivity contribution in [1.82, 2.24) is 10.2 Å². The normalized spacial score (nSPS) is 12.8. The Bertz CT molecular complexity index is 905. The minimum atomic E-state index is 0.179. The number of carbonyl (C=O) groups is 1. The molecule has 6 nitrogen and oxygen atoms in total. The molecular weight excluding hydrogens is 366 g/mol. The van der Waals surface area contributed by atoms with Crippen molar-refractivity contribution in [3.05, 3.63) is 58.7 Å². The van der Waals surface area contributed by atoms with Crippen LogP contribution in [0.4, 0.5) is 0 Å². The summed E-state index contributed by atoms with van der Waals surface area (Å²) >= 11 is 0. The fourth-order valence-corrected chi connectivity index (χ4v) is 3.60. The lowest BCUT2D eigenvalue weighted by molar-refractivity contribution is -0.132. The van der Waals surface area contributed by atoms with E-state index in [1.54, 1.807) is 20.3 Å². The highest BCUT2D eigenvalue weighted by atomic mass is 16.5. The second-order valence-electron chi connectivity index (χ2n) is 7.13. The maximum atomic E-state index is 12.6. The van der Waals surface area contributed by atoms with Crippen molar-refractivity contribution in [2.75, 3.05) is 27.3 Å². The van der Waals surface area contributed by atoms with Crippen LogP contribution in [0.25, 0.3) is 0 Å². The third-order valence-electron chi connectivity index (χ3n) is 5.20. The van der Waals surface area contributed by atoms with Gasteiger partial charge in [-0.1, -0.05) is 12.1 Å². The van der Waals surface area contributed by atoms with Gasteiger partial charge in [0.25, 0.3) is 0 Å². The van der Waals surface area contributed by atoms with Crippen molar-refractivity contribution in [2.45, 2.75) is 32.4 Å². The Balaban J connectivity index is 1.45. The highest BCUT2D eigenvalue weighted by molar-refractivity contribution is 5.76. The van der Waals surface area contributed by atoms with Gasteiger partial charge in [-0.05, 0) is 60.3 Å². The third-order valence-corrected chi connectivity index (χ3v) is 5.20. The number of nitrogens with one attached hydrogen (secondary N) is 1. The second kappa shape index (κ2) is 9.94. The second-order valence-corrected chi connectivity index (χ2v) is 7.13. The first-order valence-corrected chi connectivity index (χ1v) is 9.86. The van der Waals surface area contributed by atoms with Crippen molar-refractivity contribution < 1.29 is 14.3 Å². The Morgan fingerprint density at radius 2 is 1.93 bits per heavy atom. The van der Waals surface area contributed by atoms with Crippen LogP contribution in [-0.2, 0) is 24.3 Å². The summed E-state index contributed by atoms with van der Waals surface area (Å²) in [7, 11) is 3.26. The van der Waals surface area contributed by atoms with Crippen LogP contribution in [0.15, 0.2) is 36.4 Å². The van der Waals surface area contributed by atoms with Crippen LogP contribution >= 0.6 is 0 Å². The standard InChI is InChI=1S/C23H27N3O3/c1-28-21-12-19-8-10-26(16-20(19)13-22(21)29-2)23(27)7-4-9-25-15-18-6-3-5-17(11-18)14-24/h3,5-6,11-13,25H,4,7-10,15-16H2,1-2H3. The average Bonchev–Trinajstić information content (AvgIpc) is 2.77.